The number of nitrogens with zero attached hydrogens (tertiary/aromatic N) is 1. The van der Waals surface area contributed by atoms with Crippen molar-refractivity contribution >= 4 is 5.69 Å². The van der Waals surface area contributed by atoms with Gasteiger partial charge < -0.3 is 4.90 Å². The highest BCUT2D eigenvalue weighted by atomic mass is 19.1. The Hall–Kier alpha value is -1.05. The van der Waals surface area contributed by atoms with Crippen LogP contribution in [0.5, 0.6) is 0 Å². The Morgan fingerprint density at radius 2 is 1.88 bits per heavy atom. The number of hydrogen-bond acceptors (Lipinski definition) is 1. The van der Waals surface area contributed by atoms with Gasteiger partial charge in [0.15, 0.2) is 0 Å². The molecule has 1 aliphatic rings. The highest BCUT2D eigenvalue weighted by Crippen LogP contribution is 2.36. The number of rotatable bonds is 1. The van der Waals surface area contributed by atoms with Gasteiger partial charge in [-0.25, -0.2) is 4.39 Å². The molecule has 0 radical (unpaired) electrons. The fraction of sp³-hybridized carbons (Fsp3) is 0.600. The Morgan fingerprint density at radius 3 is 2.41 bits per heavy atom. The topological polar surface area (TPSA) is 3.24 Å². The van der Waals surface area contributed by atoms with Crippen molar-refractivity contribution in [2.45, 2.75) is 45.2 Å². The molecule has 1 aliphatic heterocycles. The van der Waals surface area contributed by atoms with Crippen molar-refractivity contribution in [2.75, 3.05) is 18.0 Å². The minimum atomic E-state index is -1.04. The maximum absolute atomic E-state index is 13.9. The lowest BCUT2D eigenvalue weighted by atomic mass is 9.85. The maximum atomic E-state index is 13.9. The Morgan fingerprint density at radius 1 is 1.24 bits per heavy atom. The van der Waals surface area contributed by atoms with Crippen LogP contribution < -0.4 is 4.90 Å². The third-order valence-corrected chi connectivity index (χ3v) is 3.48. The number of para-hydroxylation sites is 1. The van der Waals surface area contributed by atoms with Crippen LogP contribution in [0.4, 0.5) is 10.1 Å². The van der Waals surface area contributed by atoms with Crippen LogP contribution >= 0.6 is 0 Å². The van der Waals surface area contributed by atoms with Crippen molar-refractivity contribution in [3.8, 4) is 0 Å². The fourth-order valence-corrected chi connectivity index (χ4v) is 2.51. The number of benzene rings is 1. The summed E-state index contributed by atoms with van der Waals surface area (Å²) < 4.78 is 13.9. The highest BCUT2D eigenvalue weighted by molar-refractivity contribution is 5.57. The summed E-state index contributed by atoms with van der Waals surface area (Å²) >= 11 is 0. The first kappa shape index (κ1) is 12.4. The van der Waals surface area contributed by atoms with Crippen molar-refractivity contribution in [1.82, 2.24) is 0 Å². The van der Waals surface area contributed by atoms with E-state index in [4.69, 9.17) is 0 Å². The van der Waals surface area contributed by atoms with E-state index in [1.54, 1.807) is 6.92 Å². The van der Waals surface area contributed by atoms with Gasteiger partial charge in [-0.15, -0.1) is 0 Å². The standard InChI is InChI=1S/C15H22FN/c1-14(2,3)12-7-5-6-8-13(12)17-10-9-15(4,16)11-17/h5-8H,9-11H2,1-4H3. The lowest BCUT2D eigenvalue weighted by Crippen LogP contribution is -2.28. The van der Waals surface area contributed by atoms with Crippen LogP contribution in [0, 0.1) is 0 Å². The summed E-state index contributed by atoms with van der Waals surface area (Å²) in [6, 6.07) is 8.37. The summed E-state index contributed by atoms with van der Waals surface area (Å²) in [4.78, 5) is 2.18. The predicted octanol–water partition coefficient (Wildman–Crippen LogP) is 3.92. The van der Waals surface area contributed by atoms with Crippen LogP contribution in [0.25, 0.3) is 0 Å². The van der Waals surface area contributed by atoms with Crippen molar-refractivity contribution in [2.24, 2.45) is 0 Å². The smallest absolute Gasteiger partial charge is 0.127 e. The molecule has 1 unspecified atom stereocenters. The first-order valence-corrected chi connectivity index (χ1v) is 6.33. The quantitative estimate of drug-likeness (QED) is 0.713. The Labute approximate surface area is 104 Å². The number of alkyl halides is 1. The molecule has 0 aliphatic carbocycles. The molecular formula is C15H22FN. The molecule has 0 aromatic heterocycles. The normalized spacial score (nSPS) is 25.4. The molecule has 1 saturated heterocycles. The zero-order valence-electron chi connectivity index (χ0n) is 11.3. The number of halogens is 1. The molecule has 1 aromatic rings. The second-order valence-corrected chi connectivity index (χ2v) is 6.35. The lowest BCUT2D eigenvalue weighted by molar-refractivity contribution is 0.221. The van der Waals surface area contributed by atoms with Crippen molar-refractivity contribution < 1.29 is 4.39 Å². The Kier molecular flexibility index (Phi) is 2.92. The van der Waals surface area contributed by atoms with Crippen LogP contribution in [0.2, 0.25) is 0 Å². The molecule has 1 fully saturated rings. The lowest BCUT2D eigenvalue weighted by Gasteiger charge is -2.29. The van der Waals surface area contributed by atoms with Gasteiger partial charge in [0.05, 0.1) is 6.54 Å². The molecular weight excluding hydrogens is 213 g/mol. The van der Waals surface area contributed by atoms with E-state index in [2.05, 4.69) is 43.9 Å². The van der Waals surface area contributed by atoms with E-state index >= 15 is 0 Å². The Balaban J connectivity index is 2.34. The third-order valence-electron chi connectivity index (χ3n) is 3.48. The first-order chi connectivity index (χ1) is 7.80. The van der Waals surface area contributed by atoms with E-state index < -0.39 is 5.67 Å². The summed E-state index contributed by atoms with van der Waals surface area (Å²) in [6.07, 6.45) is 0.630. The average Bonchev–Trinajstić information content (AvgIpc) is 2.58. The second-order valence-electron chi connectivity index (χ2n) is 6.35. The van der Waals surface area contributed by atoms with Crippen LogP contribution in [0.3, 0.4) is 0 Å². The number of hydrogen-bond donors (Lipinski definition) is 0. The average molecular weight is 235 g/mol. The molecule has 17 heavy (non-hydrogen) atoms. The summed E-state index contributed by atoms with van der Waals surface area (Å²) in [7, 11) is 0. The second kappa shape index (κ2) is 4.01. The fourth-order valence-electron chi connectivity index (χ4n) is 2.51. The molecule has 1 aromatic carbocycles. The van der Waals surface area contributed by atoms with E-state index in [1.807, 2.05) is 6.07 Å². The molecule has 2 rings (SSSR count). The van der Waals surface area contributed by atoms with Crippen molar-refractivity contribution in [1.29, 1.82) is 0 Å². The SMILES string of the molecule is CC1(F)CCN(c2ccccc2C(C)(C)C)C1. The predicted molar refractivity (Wildman–Crippen MR) is 71.5 cm³/mol. The van der Waals surface area contributed by atoms with Gasteiger partial charge >= 0.3 is 0 Å². The summed E-state index contributed by atoms with van der Waals surface area (Å²) in [5.74, 6) is 0. The molecule has 1 nitrogen and oxygen atoms in total. The van der Waals surface area contributed by atoms with Gasteiger partial charge in [0.1, 0.15) is 5.67 Å². The van der Waals surface area contributed by atoms with Gasteiger partial charge in [-0.3, -0.25) is 0 Å². The van der Waals surface area contributed by atoms with Gasteiger partial charge in [-0.1, -0.05) is 39.0 Å². The first-order valence-electron chi connectivity index (χ1n) is 6.33. The molecule has 0 spiro atoms. The van der Waals surface area contributed by atoms with E-state index in [1.165, 1.54) is 11.3 Å². The van der Waals surface area contributed by atoms with Gasteiger partial charge in [0.2, 0.25) is 0 Å². The van der Waals surface area contributed by atoms with Gasteiger partial charge in [0.25, 0.3) is 0 Å². The molecule has 1 atom stereocenters. The summed E-state index contributed by atoms with van der Waals surface area (Å²) in [5.41, 5.74) is 1.57. The zero-order chi connectivity index (χ0) is 12.7. The van der Waals surface area contributed by atoms with E-state index in [0.717, 1.165) is 6.54 Å². The molecule has 0 bridgehead atoms. The minimum absolute atomic E-state index is 0.103. The third kappa shape index (κ3) is 2.62. The monoisotopic (exact) mass is 235 g/mol. The molecule has 0 saturated carbocycles. The molecule has 2 heteroatoms. The molecule has 0 N–H and O–H groups in total. The van der Waals surface area contributed by atoms with Gasteiger partial charge in [-0.05, 0) is 24.0 Å². The van der Waals surface area contributed by atoms with E-state index in [0.29, 0.717) is 13.0 Å². The molecule has 94 valence electrons. The molecule has 1 heterocycles. The van der Waals surface area contributed by atoms with Crippen molar-refractivity contribution in [3.63, 3.8) is 0 Å². The zero-order valence-corrected chi connectivity index (χ0v) is 11.3. The summed E-state index contributed by atoms with van der Waals surface area (Å²) in [6.45, 7) is 9.65. The Bertz CT molecular complexity index is 404. The molecule has 0 amide bonds. The van der Waals surface area contributed by atoms with E-state index in [9.17, 15) is 4.39 Å². The van der Waals surface area contributed by atoms with Gasteiger partial charge in [-0.2, -0.15) is 0 Å². The number of anilines is 1. The van der Waals surface area contributed by atoms with E-state index in [-0.39, 0.29) is 5.41 Å². The van der Waals surface area contributed by atoms with Crippen LogP contribution in [0.15, 0.2) is 24.3 Å². The van der Waals surface area contributed by atoms with Crippen LogP contribution in [0.1, 0.15) is 39.7 Å². The van der Waals surface area contributed by atoms with Crippen LogP contribution in [-0.2, 0) is 5.41 Å². The van der Waals surface area contributed by atoms with Crippen LogP contribution in [-0.4, -0.2) is 18.8 Å². The maximum Gasteiger partial charge on any atom is 0.127 e. The largest absolute Gasteiger partial charge is 0.368 e. The van der Waals surface area contributed by atoms with Crippen molar-refractivity contribution in [3.05, 3.63) is 29.8 Å². The van der Waals surface area contributed by atoms with Gasteiger partial charge in [0, 0.05) is 18.7 Å². The summed E-state index contributed by atoms with van der Waals surface area (Å²) in [5, 5.41) is 0. The minimum Gasteiger partial charge on any atom is -0.368 e. The highest BCUT2D eigenvalue weighted by Gasteiger charge is 2.35.